The molecular formula is C7H6BrNO. The summed E-state index contributed by atoms with van der Waals surface area (Å²) in [6.07, 6.45) is 2.80. The van der Waals surface area contributed by atoms with Gasteiger partial charge in [0.25, 0.3) is 0 Å². The highest BCUT2D eigenvalue weighted by atomic mass is 79.9. The Balaban J connectivity index is 0.000000180. The minimum atomic E-state index is 0.780. The van der Waals surface area contributed by atoms with Gasteiger partial charge in [-0.15, -0.1) is 0 Å². The lowest BCUT2D eigenvalue weighted by Crippen LogP contribution is -1.35. The number of allylic oxidation sites excluding steroid dienone is 1. The van der Waals surface area contributed by atoms with E-state index in [1.54, 1.807) is 12.3 Å². The second kappa shape index (κ2) is 6.12. The molecule has 0 aliphatic heterocycles. The van der Waals surface area contributed by atoms with Gasteiger partial charge < -0.3 is 4.42 Å². The molecule has 0 spiro atoms. The summed E-state index contributed by atoms with van der Waals surface area (Å²) in [4.78, 5) is 0. The third-order valence-electron chi connectivity index (χ3n) is 0.578. The molecule has 0 bridgehead atoms. The number of halogens is 1. The Morgan fingerprint density at radius 2 is 2.40 bits per heavy atom. The normalized spacial score (nSPS) is 6.80. The SMILES string of the molecule is Brc1ccco1.C=CC#N. The van der Waals surface area contributed by atoms with Crippen molar-refractivity contribution in [3.8, 4) is 6.07 Å². The van der Waals surface area contributed by atoms with Crippen LogP contribution in [0.2, 0.25) is 0 Å². The van der Waals surface area contributed by atoms with Crippen LogP contribution in [0, 0.1) is 11.3 Å². The molecule has 0 fully saturated rings. The molecule has 0 saturated heterocycles. The van der Waals surface area contributed by atoms with Crippen LogP contribution in [-0.4, -0.2) is 0 Å². The van der Waals surface area contributed by atoms with Gasteiger partial charge in [-0.3, -0.25) is 0 Å². The maximum atomic E-state index is 7.51. The van der Waals surface area contributed by atoms with Gasteiger partial charge in [0, 0.05) is 6.08 Å². The molecule has 0 unspecified atom stereocenters. The van der Waals surface area contributed by atoms with Crippen molar-refractivity contribution >= 4 is 15.9 Å². The summed E-state index contributed by atoms with van der Waals surface area (Å²) < 4.78 is 5.53. The molecule has 0 N–H and O–H groups in total. The first-order valence-corrected chi connectivity index (χ1v) is 3.30. The van der Waals surface area contributed by atoms with E-state index in [1.807, 2.05) is 12.1 Å². The fourth-order valence-electron chi connectivity index (χ4n) is 0.259. The van der Waals surface area contributed by atoms with Crippen LogP contribution in [0.4, 0.5) is 0 Å². The quantitative estimate of drug-likeness (QED) is 0.603. The van der Waals surface area contributed by atoms with Crippen LogP contribution in [0.1, 0.15) is 0 Å². The Hall–Kier alpha value is -1.01. The summed E-state index contributed by atoms with van der Waals surface area (Å²) in [6.45, 7) is 3.12. The van der Waals surface area contributed by atoms with Gasteiger partial charge in [-0.25, -0.2) is 0 Å². The zero-order valence-electron chi connectivity index (χ0n) is 5.25. The Morgan fingerprint density at radius 1 is 1.80 bits per heavy atom. The number of hydrogen-bond donors (Lipinski definition) is 0. The molecule has 0 saturated carbocycles. The van der Waals surface area contributed by atoms with Gasteiger partial charge in [0.05, 0.1) is 12.3 Å². The zero-order chi connectivity index (χ0) is 7.82. The standard InChI is InChI=1S/C4H3BrO.C3H3N/c5-4-2-1-3-6-4;1-2-3-4/h1-3H;2H,1H2. The Morgan fingerprint density at radius 3 is 2.50 bits per heavy atom. The summed E-state index contributed by atoms with van der Waals surface area (Å²) in [5.74, 6) is 0. The van der Waals surface area contributed by atoms with Gasteiger partial charge in [-0.2, -0.15) is 5.26 Å². The topological polar surface area (TPSA) is 36.9 Å². The van der Waals surface area contributed by atoms with Crippen molar-refractivity contribution in [2.45, 2.75) is 0 Å². The number of nitriles is 1. The van der Waals surface area contributed by atoms with Gasteiger partial charge in [-0.05, 0) is 28.1 Å². The van der Waals surface area contributed by atoms with Crippen molar-refractivity contribution in [2.24, 2.45) is 0 Å². The van der Waals surface area contributed by atoms with Crippen LogP contribution in [0.25, 0.3) is 0 Å². The van der Waals surface area contributed by atoms with E-state index >= 15 is 0 Å². The van der Waals surface area contributed by atoms with E-state index < -0.39 is 0 Å². The summed E-state index contributed by atoms with van der Waals surface area (Å²) in [7, 11) is 0. The Bertz CT molecular complexity index is 210. The highest BCUT2D eigenvalue weighted by Crippen LogP contribution is 2.06. The molecule has 0 amide bonds. The molecular weight excluding hydrogens is 194 g/mol. The predicted molar refractivity (Wildman–Crippen MR) is 42.2 cm³/mol. The van der Waals surface area contributed by atoms with E-state index in [9.17, 15) is 0 Å². The molecule has 0 aliphatic rings. The number of furan rings is 1. The number of nitrogens with zero attached hydrogens (tertiary/aromatic N) is 1. The first-order valence-electron chi connectivity index (χ1n) is 2.50. The largest absolute Gasteiger partial charge is 0.458 e. The maximum absolute atomic E-state index is 7.51. The smallest absolute Gasteiger partial charge is 0.168 e. The Kier molecular flexibility index (Phi) is 5.50. The van der Waals surface area contributed by atoms with Gasteiger partial charge in [0.2, 0.25) is 0 Å². The molecule has 0 aromatic carbocycles. The van der Waals surface area contributed by atoms with E-state index in [1.165, 1.54) is 6.08 Å². The Labute approximate surface area is 67.9 Å². The van der Waals surface area contributed by atoms with Gasteiger partial charge in [0.15, 0.2) is 4.67 Å². The molecule has 1 aromatic heterocycles. The second-order valence-electron chi connectivity index (χ2n) is 1.25. The van der Waals surface area contributed by atoms with E-state index in [0.29, 0.717) is 0 Å². The van der Waals surface area contributed by atoms with Crippen molar-refractivity contribution in [1.82, 2.24) is 0 Å². The molecule has 10 heavy (non-hydrogen) atoms. The first-order chi connectivity index (χ1) is 4.81. The summed E-state index contributed by atoms with van der Waals surface area (Å²) in [5.41, 5.74) is 0. The monoisotopic (exact) mass is 199 g/mol. The van der Waals surface area contributed by atoms with Crippen LogP contribution < -0.4 is 0 Å². The molecule has 0 atom stereocenters. The van der Waals surface area contributed by atoms with E-state index in [0.717, 1.165) is 4.67 Å². The van der Waals surface area contributed by atoms with Crippen molar-refractivity contribution in [3.63, 3.8) is 0 Å². The van der Waals surface area contributed by atoms with E-state index in [-0.39, 0.29) is 0 Å². The molecule has 3 heteroatoms. The lowest BCUT2D eigenvalue weighted by atomic mass is 10.7. The third-order valence-corrected chi connectivity index (χ3v) is 1.03. The predicted octanol–water partition coefficient (Wildman–Crippen LogP) is 2.74. The highest BCUT2D eigenvalue weighted by Gasteiger charge is 1.78. The molecule has 1 rings (SSSR count). The number of hydrogen-bond acceptors (Lipinski definition) is 2. The zero-order valence-corrected chi connectivity index (χ0v) is 6.84. The summed E-state index contributed by atoms with van der Waals surface area (Å²) in [6, 6.07) is 5.35. The molecule has 0 radical (unpaired) electrons. The summed E-state index contributed by atoms with van der Waals surface area (Å²) >= 11 is 3.11. The van der Waals surface area contributed by atoms with E-state index in [2.05, 4.69) is 22.5 Å². The molecule has 1 heterocycles. The van der Waals surface area contributed by atoms with Crippen molar-refractivity contribution in [1.29, 1.82) is 5.26 Å². The van der Waals surface area contributed by atoms with Gasteiger partial charge >= 0.3 is 0 Å². The van der Waals surface area contributed by atoms with Gasteiger partial charge in [0.1, 0.15) is 0 Å². The average Bonchev–Trinajstić information content (AvgIpc) is 2.40. The first kappa shape index (κ1) is 8.99. The maximum Gasteiger partial charge on any atom is 0.168 e. The minimum absolute atomic E-state index is 0.780. The molecule has 2 nitrogen and oxygen atoms in total. The third kappa shape index (κ3) is 5.13. The molecule has 1 aromatic rings. The molecule has 0 aliphatic carbocycles. The van der Waals surface area contributed by atoms with Crippen LogP contribution in [-0.2, 0) is 0 Å². The fraction of sp³-hybridized carbons (Fsp3) is 0. The second-order valence-corrected chi connectivity index (χ2v) is 2.03. The van der Waals surface area contributed by atoms with Crippen molar-refractivity contribution in [3.05, 3.63) is 35.7 Å². The van der Waals surface area contributed by atoms with Crippen LogP contribution in [0.5, 0.6) is 0 Å². The van der Waals surface area contributed by atoms with E-state index in [4.69, 9.17) is 9.68 Å². The minimum Gasteiger partial charge on any atom is -0.458 e. The van der Waals surface area contributed by atoms with Crippen LogP contribution >= 0.6 is 15.9 Å². The average molecular weight is 200 g/mol. The fourth-order valence-corrected chi connectivity index (χ4v) is 0.519. The highest BCUT2D eigenvalue weighted by molar-refractivity contribution is 9.10. The summed E-state index contributed by atoms with van der Waals surface area (Å²) in [5, 5.41) is 7.51. The van der Waals surface area contributed by atoms with Crippen molar-refractivity contribution < 1.29 is 4.42 Å². The molecule has 52 valence electrons. The van der Waals surface area contributed by atoms with Crippen LogP contribution in [0.3, 0.4) is 0 Å². The van der Waals surface area contributed by atoms with Crippen LogP contribution in [0.15, 0.2) is 40.1 Å². The van der Waals surface area contributed by atoms with Crippen molar-refractivity contribution in [2.75, 3.05) is 0 Å². The number of rotatable bonds is 0. The lowest BCUT2D eigenvalue weighted by molar-refractivity contribution is 0.541. The lowest BCUT2D eigenvalue weighted by Gasteiger charge is -1.66. The van der Waals surface area contributed by atoms with Gasteiger partial charge in [-0.1, -0.05) is 6.58 Å².